The van der Waals surface area contributed by atoms with Crippen LogP contribution < -0.4 is 11.3 Å². The minimum Gasteiger partial charge on any atom is -0.379 e. The van der Waals surface area contributed by atoms with E-state index in [4.69, 9.17) is 10.6 Å². The molecule has 0 heterocycles. The van der Waals surface area contributed by atoms with Crippen LogP contribution in [0.25, 0.3) is 0 Å². The molecule has 0 aromatic carbocycles. The van der Waals surface area contributed by atoms with Gasteiger partial charge in [-0.2, -0.15) is 0 Å². The van der Waals surface area contributed by atoms with Crippen LogP contribution in [0, 0.1) is 11.8 Å². The summed E-state index contributed by atoms with van der Waals surface area (Å²) in [5, 5.41) is 0. The second-order valence-electron chi connectivity index (χ2n) is 5.50. The highest BCUT2D eigenvalue weighted by Gasteiger charge is 2.30. The molecule has 0 aromatic rings. The highest BCUT2D eigenvalue weighted by Crippen LogP contribution is 2.30. The molecule has 1 rings (SSSR count). The van der Waals surface area contributed by atoms with Crippen LogP contribution in [0.2, 0.25) is 0 Å². The maximum atomic E-state index is 5.70. The van der Waals surface area contributed by atoms with E-state index in [1.807, 2.05) is 7.11 Å². The fraction of sp³-hybridized carbons (Fsp3) is 1.00. The van der Waals surface area contributed by atoms with E-state index in [-0.39, 0.29) is 6.10 Å². The van der Waals surface area contributed by atoms with Crippen molar-refractivity contribution in [3.8, 4) is 0 Å². The third-order valence-electron chi connectivity index (χ3n) is 3.72. The maximum Gasteiger partial charge on any atom is 0.0765 e. The molecule has 3 N–H and O–H groups in total. The number of hydrogen-bond acceptors (Lipinski definition) is 3. The van der Waals surface area contributed by atoms with Gasteiger partial charge in [-0.15, -0.1) is 0 Å². The molecule has 1 aliphatic carbocycles. The summed E-state index contributed by atoms with van der Waals surface area (Å²) in [6.45, 7) is 4.47. The molecular formula is C13H28N2O. The summed E-state index contributed by atoms with van der Waals surface area (Å²) >= 11 is 0. The van der Waals surface area contributed by atoms with Crippen molar-refractivity contribution >= 4 is 0 Å². The highest BCUT2D eigenvalue weighted by atomic mass is 16.5. The van der Waals surface area contributed by atoms with Crippen molar-refractivity contribution in [1.29, 1.82) is 0 Å². The Kier molecular flexibility index (Phi) is 6.32. The number of nitrogens with one attached hydrogen (secondary N) is 1. The predicted octanol–water partition coefficient (Wildman–Crippen LogP) is 2.46. The lowest BCUT2D eigenvalue weighted by atomic mass is 9.81. The van der Waals surface area contributed by atoms with Gasteiger partial charge >= 0.3 is 0 Å². The first-order valence-corrected chi connectivity index (χ1v) is 6.68. The predicted molar refractivity (Wildman–Crippen MR) is 67.9 cm³/mol. The minimum atomic E-state index is 0.285. The summed E-state index contributed by atoms with van der Waals surface area (Å²) in [6.07, 6.45) is 8.06. The van der Waals surface area contributed by atoms with Gasteiger partial charge in [0.05, 0.1) is 6.10 Å². The molecule has 0 aliphatic heterocycles. The van der Waals surface area contributed by atoms with E-state index in [1.54, 1.807) is 0 Å². The topological polar surface area (TPSA) is 47.3 Å². The van der Waals surface area contributed by atoms with Gasteiger partial charge < -0.3 is 4.74 Å². The molecule has 1 fully saturated rings. The highest BCUT2D eigenvalue weighted by molar-refractivity contribution is 4.84. The van der Waals surface area contributed by atoms with Crippen molar-refractivity contribution in [2.75, 3.05) is 7.11 Å². The van der Waals surface area contributed by atoms with Gasteiger partial charge in [0.25, 0.3) is 0 Å². The van der Waals surface area contributed by atoms with Crippen molar-refractivity contribution < 1.29 is 4.74 Å². The number of rotatable bonds is 6. The number of hydrogen-bond donors (Lipinski definition) is 2. The van der Waals surface area contributed by atoms with Crippen molar-refractivity contribution in [2.45, 2.75) is 64.5 Å². The van der Waals surface area contributed by atoms with Gasteiger partial charge in [-0.1, -0.05) is 33.1 Å². The molecule has 1 aliphatic rings. The molecule has 1 saturated carbocycles. The Labute approximate surface area is 100 Å². The molecule has 96 valence electrons. The molecule has 16 heavy (non-hydrogen) atoms. The lowest BCUT2D eigenvalue weighted by Crippen LogP contribution is -2.49. The first-order chi connectivity index (χ1) is 7.69. The Hall–Kier alpha value is -0.120. The zero-order valence-electron chi connectivity index (χ0n) is 11.0. The van der Waals surface area contributed by atoms with E-state index in [0.29, 0.717) is 17.9 Å². The Bertz CT molecular complexity index is 179. The van der Waals surface area contributed by atoms with E-state index in [0.717, 1.165) is 6.42 Å². The van der Waals surface area contributed by atoms with Gasteiger partial charge in [0.15, 0.2) is 0 Å². The number of ether oxygens (including phenoxy) is 1. The van der Waals surface area contributed by atoms with E-state index in [9.17, 15) is 0 Å². The molecule has 0 aromatic heterocycles. The zero-order valence-corrected chi connectivity index (χ0v) is 11.0. The zero-order chi connectivity index (χ0) is 12.0. The quantitative estimate of drug-likeness (QED) is 0.542. The molecule has 0 spiro atoms. The smallest absolute Gasteiger partial charge is 0.0765 e. The average Bonchev–Trinajstić information content (AvgIpc) is 2.29. The summed E-state index contributed by atoms with van der Waals surface area (Å²) in [5.74, 6) is 7.02. The monoisotopic (exact) mass is 228 g/mol. The molecule has 2 unspecified atom stereocenters. The Morgan fingerprint density at radius 2 is 1.88 bits per heavy atom. The van der Waals surface area contributed by atoms with Crippen LogP contribution >= 0.6 is 0 Å². The molecule has 0 bridgehead atoms. The molecule has 0 saturated heterocycles. The van der Waals surface area contributed by atoms with Gasteiger partial charge in [-0.3, -0.25) is 11.3 Å². The molecular weight excluding hydrogens is 200 g/mol. The summed E-state index contributed by atoms with van der Waals surface area (Å²) in [5.41, 5.74) is 2.96. The first kappa shape index (κ1) is 13.9. The van der Waals surface area contributed by atoms with Crippen LogP contribution in [0.3, 0.4) is 0 Å². The molecule has 3 nitrogen and oxygen atoms in total. The van der Waals surface area contributed by atoms with Gasteiger partial charge in [-0.05, 0) is 31.1 Å². The van der Waals surface area contributed by atoms with Crippen LogP contribution in [-0.2, 0) is 4.74 Å². The van der Waals surface area contributed by atoms with E-state index in [1.165, 1.54) is 32.1 Å². The SMILES string of the molecule is COC(C1CCCCC1)C(CC(C)C)NN. The lowest BCUT2D eigenvalue weighted by molar-refractivity contribution is 0.00310. The van der Waals surface area contributed by atoms with Crippen molar-refractivity contribution in [3.63, 3.8) is 0 Å². The van der Waals surface area contributed by atoms with Crippen molar-refractivity contribution in [2.24, 2.45) is 17.7 Å². The van der Waals surface area contributed by atoms with Crippen LogP contribution in [0.4, 0.5) is 0 Å². The van der Waals surface area contributed by atoms with Gasteiger partial charge in [-0.25, -0.2) is 0 Å². The van der Waals surface area contributed by atoms with Crippen LogP contribution in [-0.4, -0.2) is 19.3 Å². The van der Waals surface area contributed by atoms with Crippen LogP contribution in [0.5, 0.6) is 0 Å². The Morgan fingerprint density at radius 1 is 1.25 bits per heavy atom. The molecule has 2 atom stereocenters. The second-order valence-corrected chi connectivity index (χ2v) is 5.50. The van der Waals surface area contributed by atoms with Crippen LogP contribution in [0.15, 0.2) is 0 Å². The summed E-state index contributed by atoms with van der Waals surface area (Å²) in [7, 11) is 1.82. The normalized spacial score (nSPS) is 22.3. The first-order valence-electron chi connectivity index (χ1n) is 6.68. The minimum absolute atomic E-state index is 0.285. The fourth-order valence-corrected chi connectivity index (χ4v) is 2.95. The van der Waals surface area contributed by atoms with Gasteiger partial charge in [0, 0.05) is 13.2 Å². The third kappa shape index (κ3) is 4.04. The second kappa shape index (κ2) is 7.25. The van der Waals surface area contributed by atoms with E-state index in [2.05, 4.69) is 19.3 Å². The third-order valence-corrected chi connectivity index (χ3v) is 3.72. The summed E-state index contributed by atoms with van der Waals surface area (Å²) < 4.78 is 5.70. The fourth-order valence-electron chi connectivity index (χ4n) is 2.95. The maximum absolute atomic E-state index is 5.70. The molecule has 3 heteroatoms. The standard InChI is InChI=1S/C13H28N2O/c1-10(2)9-12(15-14)13(16-3)11-7-5-4-6-8-11/h10-13,15H,4-9,14H2,1-3H3. The summed E-state index contributed by atoms with van der Waals surface area (Å²) in [6, 6.07) is 0.299. The molecule has 0 amide bonds. The van der Waals surface area contributed by atoms with Crippen molar-refractivity contribution in [3.05, 3.63) is 0 Å². The van der Waals surface area contributed by atoms with Crippen LogP contribution in [0.1, 0.15) is 52.4 Å². The number of nitrogens with two attached hydrogens (primary N) is 1. The van der Waals surface area contributed by atoms with Gasteiger partial charge in [0.1, 0.15) is 0 Å². The number of methoxy groups -OCH3 is 1. The summed E-state index contributed by atoms with van der Waals surface area (Å²) in [4.78, 5) is 0. The Morgan fingerprint density at radius 3 is 2.31 bits per heavy atom. The Balaban J connectivity index is 2.54. The largest absolute Gasteiger partial charge is 0.379 e. The number of hydrazine groups is 1. The average molecular weight is 228 g/mol. The lowest BCUT2D eigenvalue weighted by Gasteiger charge is -2.35. The van der Waals surface area contributed by atoms with E-state index < -0.39 is 0 Å². The van der Waals surface area contributed by atoms with E-state index >= 15 is 0 Å². The van der Waals surface area contributed by atoms with Gasteiger partial charge in [0.2, 0.25) is 0 Å². The molecule has 0 radical (unpaired) electrons. The van der Waals surface area contributed by atoms with Crippen molar-refractivity contribution in [1.82, 2.24) is 5.43 Å².